The van der Waals surface area contributed by atoms with E-state index in [9.17, 15) is 9.59 Å². The number of H-pyrrole nitrogens is 1. The van der Waals surface area contributed by atoms with Crippen LogP contribution in [0.15, 0.2) is 79.0 Å². The predicted molar refractivity (Wildman–Crippen MR) is 118 cm³/mol. The number of pyridine rings is 1. The van der Waals surface area contributed by atoms with Crippen LogP contribution in [-0.4, -0.2) is 33.2 Å². The monoisotopic (exact) mass is 408 g/mol. The highest BCUT2D eigenvalue weighted by Gasteiger charge is 2.59. The lowest BCUT2D eigenvalue weighted by atomic mass is 9.72. The first-order valence-corrected chi connectivity index (χ1v) is 10.4. The normalized spacial score (nSPS) is 22.1. The first-order valence-electron chi connectivity index (χ1n) is 10.4. The summed E-state index contributed by atoms with van der Waals surface area (Å²) in [4.78, 5) is 36.4. The SMILES string of the molecule is O=C(c1cc2cccnc2[nH]1)N1CC[C@]2(C(=O)Nc3ccccc32)[C@@H]1c1ccccc1. The Kier molecular flexibility index (Phi) is 3.77. The Morgan fingerprint density at radius 1 is 1.03 bits per heavy atom. The highest BCUT2D eigenvalue weighted by Crippen LogP contribution is 2.54. The van der Waals surface area contributed by atoms with Crippen molar-refractivity contribution in [1.82, 2.24) is 14.9 Å². The zero-order valence-electron chi connectivity index (χ0n) is 16.7. The molecule has 0 saturated carbocycles. The molecule has 152 valence electrons. The van der Waals surface area contributed by atoms with Crippen molar-refractivity contribution in [3.8, 4) is 0 Å². The summed E-state index contributed by atoms with van der Waals surface area (Å²) in [5.74, 6) is -0.169. The van der Waals surface area contributed by atoms with E-state index in [1.54, 1.807) is 6.20 Å². The minimum atomic E-state index is -0.808. The number of hydrogen-bond acceptors (Lipinski definition) is 3. The number of carbonyl (C=O) groups is 2. The molecule has 2 aliphatic heterocycles. The average Bonchev–Trinajstić information content (AvgIpc) is 3.49. The molecule has 2 aromatic heterocycles. The summed E-state index contributed by atoms with van der Waals surface area (Å²) in [5, 5.41) is 3.94. The summed E-state index contributed by atoms with van der Waals surface area (Å²) in [5.41, 5.74) is 3.10. The van der Waals surface area contributed by atoms with Gasteiger partial charge in [0.2, 0.25) is 5.91 Å². The van der Waals surface area contributed by atoms with Gasteiger partial charge in [-0.3, -0.25) is 9.59 Å². The highest BCUT2D eigenvalue weighted by atomic mass is 16.2. The molecule has 1 saturated heterocycles. The van der Waals surface area contributed by atoms with Crippen LogP contribution in [0.1, 0.15) is 34.1 Å². The van der Waals surface area contributed by atoms with Crippen molar-refractivity contribution in [1.29, 1.82) is 0 Å². The number of likely N-dealkylation sites (tertiary alicyclic amines) is 1. The number of fused-ring (bicyclic) bond motifs is 3. The summed E-state index contributed by atoms with van der Waals surface area (Å²) < 4.78 is 0. The fraction of sp³-hybridized carbons (Fsp3) is 0.160. The first kappa shape index (κ1) is 17.9. The molecule has 4 aromatic rings. The van der Waals surface area contributed by atoms with Gasteiger partial charge in [0.05, 0.1) is 6.04 Å². The van der Waals surface area contributed by atoms with E-state index in [0.717, 1.165) is 22.2 Å². The van der Waals surface area contributed by atoms with Crippen LogP contribution < -0.4 is 5.32 Å². The molecule has 6 rings (SSSR count). The van der Waals surface area contributed by atoms with Gasteiger partial charge < -0.3 is 15.2 Å². The molecule has 31 heavy (non-hydrogen) atoms. The quantitative estimate of drug-likeness (QED) is 0.525. The number of nitrogens with one attached hydrogen (secondary N) is 2. The second-order valence-corrected chi connectivity index (χ2v) is 8.16. The van der Waals surface area contributed by atoms with Gasteiger partial charge in [-0.15, -0.1) is 0 Å². The van der Waals surface area contributed by atoms with Gasteiger partial charge in [0.15, 0.2) is 0 Å². The lowest BCUT2D eigenvalue weighted by Gasteiger charge is -2.34. The Balaban J connectivity index is 1.50. The van der Waals surface area contributed by atoms with Gasteiger partial charge in [-0.05, 0) is 41.8 Å². The summed E-state index contributed by atoms with van der Waals surface area (Å²) in [6.45, 7) is 0.489. The number of amides is 2. The van der Waals surface area contributed by atoms with E-state index >= 15 is 0 Å². The molecule has 2 aliphatic rings. The third-order valence-electron chi connectivity index (χ3n) is 6.58. The van der Waals surface area contributed by atoms with E-state index in [-0.39, 0.29) is 11.8 Å². The topological polar surface area (TPSA) is 78.1 Å². The fourth-order valence-corrected chi connectivity index (χ4v) is 5.23. The predicted octanol–water partition coefficient (Wildman–Crippen LogP) is 4.04. The maximum absolute atomic E-state index is 13.7. The molecule has 2 aromatic carbocycles. The zero-order chi connectivity index (χ0) is 21.0. The van der Waals surface area contributed by atoms with Crippen molar-refractivity contribution < 1.29 is 9.59 Å². The molecule has 2 atom stereocenters. The molecular weight excluding hydrogens is 388 g/mol. The maximum atomic E-state index is 13.7. The van der Waals surface area contributed by atoms with Crippen molar-refractivity contribution in [2.45, 2.75) is 17.9 Å². The Bertz CT molecular complexity index is 1300. The van der Waals surface area contributed by atoms with Gasteiger partial charge in [0.1, 0.15) is 16.8 Å². The number of hydrogen-bond donors (Lipinski definition) is 2. The van der Waals surface area contributed by atoms with Crippen molar-refractivity contribution in [2.75, 3.05) is 11.9 Å². The number of rotatable bonds is 2. The van der Waals surface area contributed by atoms with E-state index in [2.05, 4.69) is 15.3 Å². The van der Waals surface area contributed by atoms with E-state index in [0.29, 0.717) is 24.3 Å². The number of anilines is 1. The molecule has 4 heterocycles. The van der Waals surface area contributed by atoms with Gasteiger partial charge >= 0.3 is 0 Å². The molecular formula is C25H20N4O2. The minimum absolute atomic E-state index is 0.0452. The van der Waals surface area contributed by atoms with Gasteiger partial charge in [-0.1, -0.05) is 48.5 Å². The number of para-hydroxylation sites is 1. The molecule has 0 bridgehead atoms. The Morgan fingerprint density at radius 3 is 2.68 bits per heavy atom. The Hall–Kier alpha value is -3.93. The number of benzene rings is 2. The van der Waals surface area contributed by atoms with Crippen molar-refractivity contribution >= 4 is 28.5 Å². The number of carbonyl (C=O) groups excluding carboxylic acids is 2. The summed E-state index contributed by atoms with van der Waals surface area (Å²) >= 11 is 0. The lowest BCUT2D eigenvalue weighted by Crippen LogP contribution is -2.42. The van der Waals surface area contributed by atoms with E-state index in [1.165, 1.54) is 0 Å². The molecule has 0 radical (unpaired) electrons. The minimum Gasteiger partial charge on any atom is -0.335 e. The average molecular weight is 408 g/mol. The largest absolute Gasteiger partial charge is 0.335 e. The molecule has 2 amide bonds. The molecule has 1 spiro atoms. The Morgan fingerprint density at radius 2 is 1.84 bits per heavy atom. The number of nitrogens with zero attached hydrogens (tertiary/aromatic N) is 2. The fourth-order valence-electron chi connectivity index (χ4n) is 5.23. The van der Waals surface area contributed by atoms with Gasteiger partial charge in [-0.25, -0.2) is 4.98 Å². The third kappa shape index (κ3) is 2.48. The highest BCUT2D eigenvalue weighted by molar-refractivity contribution is 6.08. The first-order chi connectivity index (χ1) is 15.2. The van der Waals surface area contributed by atoms with Crippen LogP contribution in [0.5, 0.6) is 0 Å². The van der Waals surface area contributed by atoms with E-state index in [4.69, 9.17) is 0 Å². The molecule has 6 nitrogen and oxygen atoms in total. The van der Waals surface area contributed by atoms with Crippen molar-refractivity contribution in [2.24, 2.45) is 0 Å². The Labute approximate surface area is 178 Å². The summed E-state index contributed by atoms with van der Waals surface area (Å²) in [6, 6.07) is 22.9. The van der Waals surface area contributed by atoms with Crippen molar-refractivity contribution in [3.05, 3.63) is 95.8 Å². The van der Waals surface area contributed by atoms with Gasteiger partial charge in [0.25, 0.3) is 5.91 Å². The third-order valence-corrected chi connectivity index (χ3v) is 6.58. The van der Waals surface area contributed by atoms with Crippen LogP contribution in [0.4, 0.5) is 5.69 Å². The number of aromatic amines is 1. The van der Waals surface area contributed by atoms with E-state index in [1.807, 2.05) is 77.7 Å². The van der Waals surface area contributed by atoms with Gasteiger partial charge in [-0.2, -0.15) is 0 Å². The molecule has 0 aliphatic carbocycles. The van der Waals surface area contributed by atoms with Crippen LogP contribution in [0.3, 0.4) is 0 Å². The van der Waals surface area contributed by atoms with Gasteiger partial charge in [0, 0.05) is 23.8 Å². The standard InChI is InChI=1S/C25H20N4O2/c30-23(20-15-17-9-6-13-26-22(17)27-20)29-14-12-25(21(29)16-7-2-1-3-8-16)18-10-4-5-11-19(18)28-24(25)31/h1-11,13,15,21H,12,14H2,(H,26,27)(H,28,31)/t21-,25+/m0/s1. The van der Waals surface area contributed by atoms with Crippen LogP contribution >= 0.6 is 0 Å². The summed E-state index contributed by atoms with van der Waals surface area (Å²) in [7, 11) is 0. The smallest absolute Gasteiger partial charge is 0.270 e. The zero-order valence-corrected chi connectivity index (χ0v) is 16.7. The molecule has 0 unspecified atom stereocenters. The van der Waals surface area contributed by atoms with E-state index < -0.39 is 11.5 Å². The summed E-state index contributed by atoms with van der Waals surface area (Å²) in [6.07, 6.45) is 2.27. The van der Waals surface area contributed by atoms with Crippen LogP contribution in [0.2, 0.25) is 0 Å². The van der Waals surface area contributed by atoms with Crippen LogP contribution in [-0.2, 0) is 10.2 Å². The molecule has 1 fully saturated rings. The second-order valence-electron chi connectivity index (χ2n) is 8.16. The van der Waals surface area contributed by atoms with Crippen LogP contribution in [0.25, 0.3) is 11.0 Å². The lowest BCUT2D eigenvalue weighted by molar-refractivity contribution is -0.121. The number of aromatic nitrogens is 2. The molecule has 6 heteroatoms. The second kappa shape index (κ2) is 6.54. The maximum Gasteiger partial charge on any atom is 0.270 e. The molecule has 2 N–H and O–H groups in total. The van der Waals surface area contributed by atoms with Crippen molar-refractivity contribution in [3.63, 3.8) is 0 Å². The van der Waals surface area contributed by atoms with Crippen LogP contribution in [0, 0.1) is 0 Å².